The van der Waals surface area contributed by atoms with Crippen LogP contribution in [0.3, 0.4) is 0 Å². The summed E-state index contributed by atoms with van der Waals surface area (Å²) in [5, 5.41) is 14.0. The van der Waals surface area contributed by atoms with E-state index in [0.29, 0.717) is 19.4 Å². The number of aliphatic hydroxyl groups is 1. The van der Waals surface area contributed by atoms with Crippen molar-refractivity contribution in [3.63, 3.8) is 0 Å². The van der Waals surface area contributed by atoms with Crippen molar-refractivity contribution < 1.29 is 14.6 Å². The Bertz CT molecular complexity index is 580. The molecular formula is C20H29NO3. The first kappa shape index (κ1) is 17.3. The molecule has 0 saturated heterocycles. The van der Waals surface area contributed by atoms with Gasteiger partial charge in [0.05, 0.1) is 13.7 Å². The number of benzene rings is 1. The number of nitrogens with one attached hydrogen (secondary N) is 1. The lowest BCUT2D eigenvalue weighted by atomic mass is 9.79. The van der Waals surface area contributed by atoms with Crippen LogP contribution >= 0.6 is 0 Å². The van der Waals surface area contributed by atoms with Crippen LogP contribution in [0.5, 0.6) is 5.75 Å². The average Bonchev–Trinajstić information content (AvgIpc) is 3.11. The normalized spacial score (nSPS) is 23.8. The fraction of sp³-hybridized carbons (Fsp3) is 0.650. The number of methoxy groups -OCH3 is 1. The summed E-state index contributed by atoms with van der Waals surface area (Å²) in [5.74, 6) is 1.61. The predicted octanol–water partition coefficient (Wildman–Crippen LogP) is 3.31. The number of aryl methyl sites for hydroxylation is 1. The zero-order valence-corrected chi connectivity index (χ0v) is 14.6. The molecule has 132 valence electrons. The Labute approximate surface area is 144 Å². The van der Waals surface area contributed by atoms with Crippen LogP contribution in [0, 0.1) is 5.92 Å². The highest BCUT2D eigenvalue weighted by molar-refractivity contribution is 5.76. The molecule has 1 aromatic carbocycles. The van der Waals surface area contributed by atoms with E-state index in [1.165, 1.54) is 25.7 Å². The minimum Gasteiger partial charge on any atom is -0.497 e. The van der Waals surface area contributed by atoms with E-state index in [1.54, 1.807) is 7.11 Å². The van der Waals surface area contributed by atoms with Gasteiger partial charge in [-0.2, -0.15) is 0 Å². The maximum absolute atomic E-state index is 12.2. The molecule has 4 nitrogen and oxygen atoms in total. The molecule has 24 heavy (non-hydrogen) atoms. The maximum Gasteiger partial charge on any atom is 0.220 e. The van der Waals surface area contributed by atoms with E-state index in [2.05, 4.69) is 5.32 Å². The summed E-state index contributed by atoms with van der Waals surface area (Å²) in [6.07, 6.45) is 9.29. The van der Waals surface area contributed by atoms with E-state index in [-0.39, 0.29) is 5.91 Å². The smallest absolute Gasteiger partial charge is 0.220 e. The topological polar surface area (TPSA) is 58.6 Å². The Morgan fingerprint density at radius 3 is 2.88 bits per heavy atom. The first-order valence-electron chi connectivity index (χ1n) is 9.27. The van der Waals surface area contributed by atoms with Gasteiger partial charge in [-0.15, -0.1) is 0 Å². The van der Waals surface area contributed by atoms with Crippen LogP contribution in [-0.4, -0.2) is 24.7 Å². The summed E-state index contributed by atoms with van der Waals surface area (Å²) in [4.78, 5) is 12.2. The lowest BCUT2D eigenvalue weighted by molar-refractivity contribution is -0.123. The standard InChI is InChI=1S/C20H29NO3/c1-24-17-9-10-18-16(13-17)7-4-12-20(18,23)14-21-19(22)11-8-15-5-2-3-6-15/h9-10,13,15,23H,2-8,11-12,14H2,1H3,(H,21,22). The molecule has 2 N–H and O–H groups in total. The van der Waals surface area contributed by atoms with Gasteiger partial charge in [-0.3, -0.25) is 4.79 Å². The second-order valence-corrected chi connectivity index (χ2v) is 7.37. The van der Waals surface area contributed by atoms with E-state index in [9.17, 15) is 9.90 Å². The lowest BCUT2D eigenvalue weighted by Crippen LogP contribution is -2.43. The number of hydrogen-bond acceptors (Lipinski definition) is 3. The second kappa shape index (κ2) is 7.56. The molecule has 0 spiro atoms. The zero-order valence-electron chi connectivity index (χ0n) is 14.6. The Kier molecular flexibility index (Phi) is 5.44. The first-order chi connectivity index (χ1) is 11.6. The van der Waals surface area contributed by atoms with Crippen LogP contribution in [0.25, 0.3) is 0 Å². The Morgan fingerprint density at radius 2 is 2.12 bits per heavy atom. The van der Waals surface area contributed by atoms with Crippen molar-refractivity contribution in [2.75, 3.05) is 13.7 Å². The van der Waals surface area contributed by atoms with Gasteiger partial charge in [-0.05, 0) is 54.9 Å². The number of ether oxygens (including phenoxy) is 1. The number of carbonyl (C=O) groups excluding carboxylic acids is 1. The van der Waals surface area contributed by atoms with Gasteiger partial charge >= 0.3 is 0 Å². The molecule has 1 aromatic rings. The summed E-state index contributed by atoms with van der Waals surface area (Å²) in [5.41, 5.74) is 1.11. The molecule has 0 aromatic heterocycles. The number of amides is 1. The fourth-order valence-electron chi connectivity index (χ4n) is 4.21. The van der Waals surface area contributed by atoms with Gasteiger partial charge in [0.25, 0.3) is 0 Å². The molecule has 3 rings (SSSR count). The summed E-state index contributed by atoms with van der Waals surface area (Å²) < 4.78 is 5.28. The van der Waals surface area contributed by atoms with E-state index in [0.717, 1.165) is 42.1 Å². The Morgan fingerprint density at radius 1 is 1.33 bits per heavy atom. The Balaban J connectivity index is 1.57. The molecule has 4 heteroatoms. The lowest BCUT2D eigenvalue weighted by Gasteiger charge is -2.35. The third-order valence-corrected chi connectivity index (χ3v) is 5.68. The van der Waals surface area contributed by atoms with Crippen LogP contribution in [0.15, 0.2) is 18.2 Å². The van der Waals surface area contributed by atoms with Gasteiger partial charge in [0.1, 0.15) is 11.4 Å². The number of fused-ring (bicyclic) bond motifs is 1. The molecule has 1 amide bonds. The Hall–Kier alpha value is -1.55. The van der Waals surface area contributed by atoms with Crippen molar-refractivity contribution in [2.24, 2.45) is 5.92 Å². The third-order valence-electron chi connectivity index (χ3n) is 5.68. The SMILES string of the molecule is COc1ccc2c(c1)CCCC2(O)CNC(=O)CCC1CCCC1. The molecule has 0 heterocycles. The van der Waals surface area contributed by atoms with Crippen molar-refractivity contribution in [1.29, 1.82) is 0 Å². The van der Waals surface area contributed by atoms with Gasteiger partial charge < -0.3 is 15.2 Å². The highest BCUT2D eigenvalue weighted by Gasteiger charge is 2.34. The van der Waals surface area contributed by atoms with Gasteiger partial charge in [-0.1, -0.05) is 31.7 Å². The van der Waals surface area contributed by atoms with Crippen LogP contribution in [-0.2, 0) is 16.8 Å². The quantitative estimate of drug-likeness (QED) is 0.841. The van der Waals surface area contributed by atoms with Crippen LogP contribution in [0.2, 0.25) is 0 Å². The molecule has 0 bridgehead atoms. The monoisotopic (exact) mass is 331 g/mol. The molecule has 1 atom stereocenters. The first-order valence-corrected chi connectivity index (χ1v) is 9.27. The number of carbonyl (C=O) groups is 1. The van der Waals surface area contributed by atoms with Gasteiger partial charge in [0.2, 0.25) is 5.91 Å². The molecular weight excluding hydrogens is 302 g/mol. The molecule has 2 aliphatic carbocycles. The van der Waals surface area contributed by atoms with E-state index in [1.807, 2.05) is 18.2 Å². The fourth-order valence-corrected chi connectivity index (χ4v) is 4.21. The molecule has 1 unspecified atom stereocenters. The average molecular weight is 331 g/mol. The van der Waals surface area contributed by atoms with Crippen LogP contribution in [0.4, 0.5) is 0 Å². The largest absolute Gasteiger partial charge is 0.497 e. The third kappa shape index (κ3) is 3.92. The summed E-state index contributed by atoms with van der Waals surface area (Å²) >= 11 is 0. The molecule has 1 saturated carbocycles. The predicted molar refractivity (Wildman–Crippen MR) is 94.0 cm³/mol. The van der Waals surface area contributed by atoms with Crippen molar-refractivity contribution in [3.05, 3.63) is 29.3 Å². The molecule has 0 aliphatic heterocycles. The summed E-state index contributed by atoms with van der Waals surface area (Å²) in [6.45, 7) is 0.301. The number of hydrogen-bond donors (Lipinski definition) is 2. The minimum absolute atomic E-state index is 0.0657. The van der Waals surface area contributed by atoms with Crippen LogP contribution < -0.4 is 10.1 Å². The van der Waals surface area contributed by atoms with Crippen molar-refractivity contribution >= 4 is 5.91 Å². The summed E-state index contributed by atoms with van der Waals surface area (Å²) in [7, 11) is 1.65. The zero-order chi connectivity index (χ0) is 17.0. The van der Waals surface area contributed by atoms with Gasteiger partial charge in [0, 0.05) is 6.42 Å². The minimum atomic E-state index is -0.955. The highest BCUT2D eigenvalue weighted by atomic mass is 16.5. The number of rotatable bonds is 6. The molecule has 2 aliphatic rings. The van der Waals surface area contributed by atoms with Crippen LogP contribution in [0.1, 0.15) is 62.5 Å². The van der Waals surface area contributed by atoms with Crippen molar-refractivity contribution in [2.45, 2.75) is 63.4 Å². The molecule has 1 fully saturated rings. The van der Waals surface area contributed by atoms with Gasteiger partial charge in [0.15, 0.2) is 0 Å². The highest BCUT2D eigenvalue weighted by Crippen LogP contribution is 2.36. The van der Waals surface area contributed by atoms with E-state index in [4.69, 9.17) is 4.74 Å². The van der Waals surface area contributed by atoms with E-state index >= 15 is 0 Å². The van der Waals surface area contributed by atoms with E-state index < -0.39 is 5.60 Å². The maximum atomic E-state index is 12.2. The summed E-state index contributed by atoms with van der Waals surface area (Å²) in [6, 6.07) is 5.83. The van der Waals surface area contributed by atoms with Gasteiger partial charge in [-0.25, -0.2) is 0 Å². The van der Waals surface area contributed by atoms with Crippen molar-refractivity contribution in [3.8, 4) is 5.75 Å². The van der Waals surface area contributed by atoms with Crippen molar-refractivity contribution in [1.82, 2.24) is 5.32 Å². The second-order valence-electron chi connectivity index (χ2n) is 7.37. The molecule has 0 radical (unpaired) electrons.